The Bertz CT molecular complexity index is 2070. The highest BCUT2D eigenvalue weighted by molar-refractivity contribution is 7.25. The predicted molar refractivity (Wildman–Crippen MR) is 161 cm³/mol. The maximum atomic E-state index is 2.38. The topological polar surface area (TPSA) is 0 Å². The number of benzene rings is 6. The lowest BCUT2D eigenvalue weighted by molar-refractivity contribution is 1.76. The molecule has 0 aliphatic carbocycles. The summed E-state index contributed by atoms with van der Waals surface area (Å²) in [6.45, 7) is 0. The van der Waals surface area contributed by atoms with Gasteiger partial charge in [0, 0.05) is 29.9 Å². The van der Waals surface area contributed by atoms with Gasteiger partial charge in [0.25, 0.3) is 0 Å². The largest absolute Gasteiger partial charge is 0.135 e. The van der Waals surface area contributed by atoms with Crippen LogP contribution in [0.4, 0.5) is 0 Å². The normalized spacial score (nSPS) is 11.9. The van der Waals surface area contributed by atoms with Crippen molar-refractivity contribution in [3.8, 4) is 20.9 Å². The first-order valence-corrected chi connectivity index (χ1v) is 13.8. The van der Waals surface area contributed by atoms with Gasteiger partial charge >= 0.3 is 0 Å². The fourth-order valence-corrected chi connectivity index (χ4v) is 7.67. The molecular weight excluding hydrogens is 473 g/mol. The molecule has 0 nitrogen and oxygen atoms in total. The summed E-state index contributed by atoms with van der Waals surface area (Å²) in [5.74, 6) is 0. The first-order chi connectivity index (χ1) is 17.8. The smallest absolute Gasteiger partial charge is 0.0355 e. The average Bonchev–Trinajstić information content (AvgIpc) is 3.58. The summed E-state index contributed by atoms with van der Waals surface area (Å²) < 4.78 is 2.71. The Morgan fingerprint density at radius 3 is 1.44 bits per heavy atom. The van der Waals surface area contributed by atoms with Crippen LogP contribution in [0.2, 0.25) is 0 Å². The standard InChI is InChI=1S/C34H20S2/c1-2-9-25-23(7-1)24-8-3-4-10-26(24)29-19-21(13-15-27(25)29)31-17-18-32(35-31)22-14-16-34-30(20-22)28-11-5-6-12-33(28)36-34/h1-20H. The molecule has 0 aliphatic rings. The molecule has 0 atom stereocenters. The summed E-state index contributed by atoms with van der Waals surface area (Å²) in [6, 6.07) is 44.7. The second-order valence-corrected chi connectivity index (χ2v) is 11.5. The van der Waals surface area contributed by atoms with Gasteiger partial charge in [0.15, 0.2) is 0 Å². The first-order valence-electron chi connectivity index (χ1n) is 12.2. The molecule has 0 saturated carbocycles. The summed E-state index contributed by atoms with van der Waals surface area (Å²) in [6.07, 6.45) is 0. The van der Waals surface area contributed by atoms with Crippen molar-refractivity contribution in [2.75, 3.05) is 0 Å². The first kappa shape index (κ1) is 20.2. The number of hydrogen-bond donors (Lipinski definition) is 0. The van der Waals surface area contributed by atoms with E-state index >= 15 is 0 Å². The molecule has 0 saturated heterocycles. The van der Waals surface area contributed by atoms with Crippen LogP contribution >= 0.6 is 22.7 Å². The zero-order valence-electron chi connectivity index (χ0n) is 19.4. The minimum Gasteiger partial charge on any atom is -0.135 e. The molecule has 0 unspecified atom stereocenters. The molecule has 168 valence electrons. The minimum absolute atomic E-state index is 1.28. The van der Waals surface area contributed by atoms with Gasteiger partial charge in [-0.15, -0.1) is 22.7 Å². The van der Waals surface area contributed by atoms with Gasteiger partial charge in [0.2, 0.25) is 0 Å². The summed E-state index contributed by atoms with van der Waals surface area (Å²) in [5.41, 5.74) is 2.57. The van der Waals surface area contributed by atoms with Crippen molar-refractivity contribution in [2.45, 2.75) is 0 Å². The number of hydrogen-bond acceptors (Lipinski definition) is 2. The van der Waals surface area contributed by atoms with E-state index < -0.39 is 0 Å². The van der Waals surface area contributed by atoms with Crippen molar-refractivity contribution in [1.82, 2.24) is 0 Å². The lowest BCUT2D eigenvalue weighted by atomic mass is 9.93. The van der Waals surface area contributed by atoms with Crippen LogP contribution in [-0.4, -0.2) is 0 Å². The van der Waals surface area contributed by atoms with Crippen molar-refractivity contribution in [2.24, 2.45) is 0 Å². The highest BCUT2D eigenvalue weighted by atomic mass is 32.1. The molecule has 8 rings (SSSR count). The van der Waals surface area contributed by atoms with E-state index in [0.717, 1.165) is 0 Å². The Morgan fingerprint density at radius 2 is 0.778 bits per heavy atom. The third-order valence-electron chi connectivity index (χ3n) is 7.30. The molecule has 2 heteroatoms. The molecule has 0 spiro atoms. The molecule has 2 aromatic heterocycles. The van der Waals surface area contributed by atoms with Crippen molar-refractivity contribution in [3.05, 3.63) is 121 Å². The van der Waals surface area contributed by atoms with E-state index in [1.54, 1.807) is 0 Å². The molecular formula is C34H20S2. The van der Waals surface area contributed by atoms with Gasteiger partial charge in [-0.3, -0.25) is 0 Å². The van der Waals surface area contributed by atoms with E-state index in [-0.39, 0.29) is 0 Å². The second-order valence-electron chi connectivity index (χ2n) is 9.32. The van der Waals surface area contributed by atoms with E-state index in [4.69, 9.17) is 0 Å². The van der Waals surface area contributed by atoms with Crippen LogP contribution < -0.4 is 0 Å². The van der Waals surface area contributed by atoms with Gasteiger partial charge in [0.05, 0.1) is 0 Å². The summed E-state index contributed by atoms with van der Waals surface area (Å²) in [7, 11) is 0. The van der Waals surface area contributed by atoms with Crippen molar-refractivity contribution in [3.63, 3.8) is 0 Å². The molecule has 6 aromatic carbocycles. The third kappa shape index (κ3) is 2.99. The molecule has 0 bridgehead atoms. The number of thiophene rings is 2. The van der Waals surface area contributed by atoms with Crippen molar-refractivity contribution < 1.29 is 0 Å². The van der Waals surface area contributed by atoms with E-state index in [1.165, 1.54) is 73.4 Å². The van der Waals surface area contributed by atoms with Crippen LogP contribution in [0.25, 0.3) is 73.4 Å². The van der Waals surface area contributed by atoms with Crippen LogP contribution in [-0.2, 0) is 0 Å². The Kier molecular flexibility index (Phi) is 4.36. The minimum atomic E-state index is 1.28. The van der Waals surface area contributed by atoms with Gasteiger partial charge in [0.1, 0.15) is 0 Å². The molecule has 0 fully saturated rings. The molecule has 0 radical (unpaired) electrons. The quantitative estimate of drug-likeness (QED) is 0.211. The molecule has 0 aliphatic heterocycles. The van der Waals surface area contributed by atoms with Crippen molar-refractivity contribution in [1.29, 1.82) is 0 Å². The summed E-state index contributed by atoms with van der Waals surface area (Å²) in [4.78, 5) is 2.62. The van der Waals surface area contributed by atoms with Crippen LogP contribution in [0.5, 0.6) is 0 Å². The van der Waals surface area contributed by atoms with Crippen LogP contribution in [0.3, 0.4) is 0 Å². The molecule has 8 aromatic rings. The van der Waals surface area contributed by atoms with Gasteiger partial charge in [-0.1, -0.05) is 84.9 Å². The third-order valence-corrected chi connectivity index (χ3v) is 9.63. The number of rotatable bonds is 2. The van der Waals surface area contributed by atoms with Crippen LogP contribution in [0.15, 0.2) is 121 Å². The second kappa shape index (κ2) is 7.76. The monoisotopic (exact) mass is 492 g/mol. The Morgan fingerprint density at radius 1 is 0.306 bits per heavy atom. The summed E-state index contributed by atoms with van der Waals surface area (Å²) >= 11 is 3.75. The maximum Gasteiger partial charge on any atom is 0.0355 e. The maximum absolute atomic E-state index is 2.38. The van der Waals surface area contributed by atoms with Gasteiger partial charge in [-0.2, -0.15) is 0 Å². The van der Waals surface area contributed by atoms with E-state index in [1.807, 2.05) is 22.7 Å². The zero-order valence-corrected chi connectivity index (χ0v) is 21.0. The molecule has 36 heavy (non-hydrogen) atoms. The lowest BCUT2D eigenvalue weighted by Gasteiger charge is -2.11. The molecule has 0 N–H and O–H groups in total. The van der Waals surface area contributed by atoms with Gasteiger partial charge < -0.3 is 0 Å². The average molecular weight is 493 g/mol. The Hall–Kier alpha value is -3.98. The van der Waals surface area contributed by atoms with E-state index in [2.05, 4.69) is 121 Å². The zero-order chi connectivity index (χ0) is 23.6. The van der Waals surface area contributed by atoms with Gasteiger partial charge in [-0.05, 0) is 79.8 Å². The fraction of sp³-hybridized carbons (Fsp3) is 0. The predicted octanol–water partition coefficient (Wildman–Crippen LogP) is 10.9. The molecule has 2 heterocycles. The van der Waals surface area contributed by atoms with E-state index in [9.17, 15) is 0 Å². The SMILES string of the molecule is c1ccc2c(c1)sc1ccc(-c3ccc(-c4ccc5c6ccccc6c6ccccc6c5c4)s3)cc12. The fourth-order valence-electron chi connectivity index (χ4n) is 5.59. The number of fused-ring (bicyclic) bond motifs is 9. The van der Waals surface area contributed by atoms with Crippen LogP contribution in [0.1, 0.15) is 0 Å². The molecule has 0 amide bonds. The van der Waals surface area contributed by atoms with Crippen molar-refractivity contribution >= 4 is 75.2 Å². The van der Waals surface area contributed by atoms with Gasteiger partial charge in [-0.25, -0.2) is 0 Å². The Labute approximate surface area is 216 Å². The highest BCUT2D eigenvalue weighted by Gasteiger charge is 2.12. The van der Waals surface area contributed by atoms with Crippen LogP contribution in [0, 0.1) is 0 Å². The Balaban J connectivity index is 1.29. The summed E-state index contributed by atoms with van der Waals surface area (Å²) in [5, 5.41) is 10.6. The van der Waals surface area contributed by atoms with E-state index in [0.29, 0.717) is 0 Å². The highest BCUT2D eigenvalue weighted by Crippen LogP contribution is 2.41. The lowest BCUT2D eigenvalue weighted by Crippen LogP contribution is -1.83.